The van der Waals surface area contributed by atoms with Gasteiger partial charge in [0.25, 0.3) is 0 Å². The van der Waals surface area contributed by atoms with E-state index in [9.17, 15) is 0 Å². The quantitative estimate of drug-likeness (QED) is 0.796. The van der Waals surface area contributed by atoms with E-state index in [1.165, 1.54) is 25.7 Å². The van der Waals surface area contributed by atoms with Gasteiger partial charge in [0, 0.05) is 31.9 Å². The minimum Gasteiger partial charge on any atom is -0.378 e. The zero-order valence-electron chi connectivity index (χ0n) is 10.8. The van der Waals surface area contributed by atoms with Crippen LogP contribution >= 0.6 is 0 Å². The average molecular weight is 250 g/mol. The first-order valence-electron chi connectivity index (χ1n) is 7.14. The molecule has 2 fully saturated rings. The molecule has 1 aliphatic heterocycles. The van der Waals surface area contributed by atoms with Crippen LogP contribution in [-0.2, 0) is 17.8 Å². The molecule has 1 atom stereocenters. The van der Waals surface area contributed by atoms with Crippen LogP contribution in [0.15, 0.2) is 6.20 Å². The Hall–Kier alpha value is -0.940. The van der Waals surface area contributed by atoms with Crippen LogP contribution in [0.2, 0.25) is 0 Å². The summed E-state index contributed by atoms with van der Waals surface area (Å²) in [6.45, 7) is 2.76. The summed E-state index contributed by atoms with van der Waals surface area (Å²) in [5, 5.41) is 11.8. The Bertz CT molecular complexity index is 369. The normalized spacial score (nSPS) is 23.7. The van der Waals surface area contributed by atoms with Crippen LogP contribution in [0.5, 0.6) is 0 Å². The minimum absolute atomic E-state index is 0.490. The van der Waals surface area contributed by atoms with E-state index >= 15 is 0 Å². The smallest absolute Gasteiger partial charge is 0.0964 e. The van der Waals surface area contributed by atoms with Crippen molar-refractivity contribution in [2.75, 3.05) is 6.61 Å². The van der Waals surface area contributed by atoms with Gasteiger partial charge in [-0.2, -0.15) is 0 Å². The van der Waals surface area contributed by atoms with Gasteiger partial charge in [0.15, 0.2) is 0 Å². The highest BCUT2D eigenvalue weighted by Crippen LogP contribution is 2.19. The summed E-state index contributed by atoms with van der Waals surface area (Å²) in [6.07, 6.45) is 9.91. The molecule has 1 N–H and O–H groups in total. The number of ether oxygens (including phenoxy) is 1. The van der Waals surface area contributed by atoms with Gasteiger partial charge in [-0.1, -0.05) is 5.21 Å². The first kappa shape index (κ1) is 12.1. The number of nitrogens with zero attached hydrogens (tertiary/aromatic N) is 3. The third-order valence-corrected chi connectivity index (χ3v) is 3.67. The van der Waals surface area contributed by atoms with Gasteiger partial charge in [-0.15, -0.1) is 5.10 Å². The predicted molar refractivity (Wildman–Crippen MR) is 68.1 cm³/mol. The highest BCUT2D eigenvalue weighted by atomic mass is 16.5. The van der Waals surface area contributed by atoms with Crippen molar-refractivity contribution in [3.8, 4) is 0 Å². The van der Waals surface area contributed by atoms with E-state index < -0.39 is 0 Å². The highest BCUT2D eigenvalue weighted by Gasteiger charge is 2.20. The predicted octanol–water partition coefficient (Wildman–Crippen LogP) is 1.49. The number of hydrogen-bond acceptors (Lipinski definition) is 4. The van der Waals surface area contributed by atoms with E-state index in [1.54, 1.807) is 0 Å². The molecule has 5 heteroatoms. The van der Waals surface area contributed by atoms with E-state index in [0.29, 0.717) is 6.10 Å². The Morgan fingerprint density at radius 2 is 2.33 bits per heavy atom. The minimum atomic E-state index is 0.490. The summed E-state index contributed by atoms with van der Waals surface area (Å²) in [6, 6.07) is 0.731. The average Bonchev–Trinajstić information content (AvgIpc) is 2.89. The van der Waals surface area contributed by atoms with E-state index in [0.717, 1.165) is 44.3 Å². The van der Waals surface area contributed by atoms with Crippen LogP contribution in [0.25, 0.3) is 0 Å². The first-order chi connectivity index (χ1) is 8.90. The SMILES string of the molecule is c1c(CNC2CC2)nnn1CCCC1CCCO1. The Balaban J connectivity index is 1.36. The number of aromatic nitrogens is 3. The van der Waals surface area contributed by atoms with Crippen molar-refractivity contribution in [3.05, 3.63) is 11.9 Å². The number of rotatable bonds is 7. The van der Waals surface area contributed by atoms with Crippen molar-refractivity contribution >= 4 is 0 Å². The molecular formula is C13H22N4O. The summed E-state index contributed by atoms with van der Waals surface area (Å²) >= 11 is 0. The van der Waals surface area contributed by atoms with Crippen LogP contribution in [-0.4, -0.2) is 33.7 Å². The summed E-state index contributed by atoms with van der Waals surface area (Å²) in [5.41, 5.74) is 1.05. The molecule has 3 rings (SSSR count). The lowest BCUT2D eigenvalue weighted by Crippen LogP contribution is -2.15. The second-order valence-electron chi connectivity index (χ2n) is 5.41. The second-order valence-corrected chi connectivity index (χ2v) is 5.41. The zero-order chi connectivity index (χ0) is 12.2. The molecule has 1 saturated carbocycles. The van der Waals surface area contributed by atoms with Crippen LogP contribution in [0.3, 0.4) is 0 Å². The molecule has 1 aromatic heterocycles. The van der Waals surface area contributed by atoms with E-state index in [4.69, 9.17) is 4.74 Å². The van der Waals surface area contributed by atoms with Crippen LogP contribution < -0.4 is 5.32 Å². The Morgan fingerprint density at radius 1 is 1.39 bits per heavy atom. The molecule has 1 aliphatic carbocycles. The monoisotopic (exact) mass is 250 g/mol. The van der Waals surface area contributed by atoms with Crippen LogP contribution in [0, 0.1) is 0 Å². The summed E-state index contributed by atoms with van der Waals surface area (Å²) in [4.78, 5) is 0. The lowest BCUT2D eigenvalue weighted by atomic mass is 10.1. The van der Waals surface area contributed by atoms with Crippen molar-refractivity contribution in [2.24, 2.45) is 0 Å². The maximum atomic E-state index is 5.61. The van der Waals surface area contributed by atoms with Crippen molar-refractivity contribution in [3.63, 3.8) is 0 Å². The molecule has 0 spiro atoms. The molecule has 0 radical (unpaired) electrons. The lowest BCUT2D eigenvalue weighted by Gasteiger charge is -2.08. The molecule has 1 aromatic rings. The first-order valence-corrected chi connectivity index (χ1v) is 7.14. The van der Waals surface area contributed by atoms with Gasteiger partial charge in [-0.3, -0.25) is 4.68 Å². The fraction of sp³-hybridized carbons (Fsp3) is 0.846. The Kier molecular flexibility index (Phi) is 3.90. The molecular weight excluding hydrogens is 228 g/mol. The van der Waals surface area contributed by atoms with Crippen LogP contribution in [0.4, 0.5) is 0 Å². The van der Waals surface area contributed by atoms with E-state index in [-0.39, 0.29) is 0 Å². The van der Waals surface area contributed by atoms with Gasteiger partial charge in [-0.25, -0.2) is 0 Å². The van der Waals surface area contributed by atoms with E-state index in [2.05, 4.69) is 21.8 Å². The molecule has 100 valence electrons. The number of hydrogen-bond donors (Lipinski definition) is 1. The van der Waals surface area contributed by atoms with Crippen LogP contribution in [0.1, 0.15) is 44.2 Å². The summed E-state index contributed by atoms with van der Waals surface area (Å²) in [7, 11) is 0. The van der Waals surface area contributed by atoms with Crippen molar-refractivity contribution in [2.45, 2.75) is 63.8 Å². The van der Waals surface area contributed by atoms with Crippen molar-refractivity contribution in [1.29, 1.82) is 0 Å². The Labute approximate surface area is 108 Å². The third kappa shape index (κ3) is 3.53. The van der Waals surface area contributed by atoms with Gasteiger partial charge in [-0.05, 0) is 38.5 Å². The molecule has 2 heterocycles. The topological polar surface area (TPSA) is 52.0 Å². The zero-order valence-corrected chi connectivity index (χ0v) is 10.8. The number of nitrogens with one attached hydrogen (secondary N) is 1. The maximum absolute atomic E-state index is 5.61. The standard InChI is InChI=1S/C13H22N4O/c1(3-13-4-2-8-18-13)7-17-10-12(15-16-17)9-14-11-5-6-11/h10-11,13-14H,1-9H2. The largest absolute Gasteiger partial charge is 0.378 e. The van der Waals surface area contributed by atoms with Crippen molar-refractivity contribution < 1.29 is 4.74 Å². The van der Waals surface area contributed by atoms with Gasteiger partial charge < -0.3 is 10.1 Å². The molecule has 0 amide bonds. The molecule has 1 unspecified atom stereocenters. The summed E-state index contributed by atoms with van der Waals surface area (Å²) < 4.78 is 7.57. The molecule has 1 saturated heterocycles. The van der Waals surface area contributed by atoms with Crippen molar-refractivity contribution in [1.82, 2.24) is 20.3 Å². The fourth-order valence-electron chi connectivity index (χ4n) is 2.42. The van der Waals surface area contributed by atoms with Gasteiger partial charge in [0.1, 0.15) is 0 Å². The number of aryl methyl sites for hydroxylation is 1. The maximum Gasteiger partial charge on any atom is 0.0964 e. The fourth-order valence-corrected chi connectivity index (χ4v) is 2.42. The van der Waals surface area contributed by atoms with Gasteiger partial charge in [0.05, 0.1) is 11.8 Å². The molecule has 18 heavy (non-hydrogen) atoms. The summed E-state index contributed by atoms with van der Waals surface area (Å²) in [5.74, 6) is 0. The van der Waals surface area contributed by atoms with Gasteiger partial charge in [0.2, 0.25) is 0 Å². The third-order valence-electron chi connectivity index (χ3n) is 3.67. The Morgan fingerprint density at radius 3 is 3.11 bits per heavy atom. The van der Waals surface area contributed by atoms with E-state index in [1.807, 2.05) is 4.68 Å². The van der Waals surface area contributed by atoms with Gasteiger partial charge >= 0.3 is 0 Å². The molecule has 0 bridgehead atoms. The lowest BCUT2D eigenvalue weighted by molar-refractivity contribution is 0.101. The second kappa shape index (κ2) is 5.80. The molecule has 2 aliphatic rings. The highest BCUT2D eigenvalue weighted by molar-refractivity contribution is 4.94. The molecule has 5 nitrogen and oxygen atoms in total. The molecule has 0 aromatic carbocycles.